The van der Waals surface area contributed by atoms with E-state index < -0.39 is 6.04 Å². The minimum atomic E-state index is -0.589. The standard InChI is InChI=1S/C26H34N2O5/c1-5-18(2)27-26(30)19(3)28(17-21-6-10-22(31-4)11-7-21)25(29)13-9-20-8-12-23-24(16-20)33-15-14-32-23/h6-8,10-12,16,18-19H,5,9,13-15,17H2,1-4H3,(H,27,30)/t18-,19+/m1/s1. The smallest absolute Gasteiger partial charge is 0.242 e. The number of methoxy groups -OCH3 is 1. The van der Waals surface area contributed by atoms with Crippen molar-refractivity contribution < 1.29 is 23.8 Å². The van der Waals surface area contributed by atoms with Gasteiger partial charge < -0.3 is 24.4 Å². The summed E-state index contributed by atoms with van der Waals surface area (Å²) in [6.45, 7) is 7.17. The van der Waals surface area contributed by atoms with Gasteiger partial charge in [0.05, 0.1) is 7.11 Å². The van der Waals surface area contributed by atoms with Crippen LogP contribution in [0.1, 0.15) is 44.7 Å². The molecule has 33 heavy (non-hydrogen) atoms. The molecule has 2 aromatic carbocycles. The minimum Gasteiger partial charge on any atom is -0.497 e. The van der Waals surface area contributed by atoms with Crippen LogP contribution in [0.3, 0.4) is 0 Å². The van der Waals surface area contributed by atoms with Gasteiger partial charge in [0.15, 0.2) is 11.5 Å². The maximum atomic E-state index is 13.3. The van der Waals surface area contributed by atoms with Crippen LogP contribution in [0.15, 0.2) is 42.5 Å². The third-order valence-electron chi connectivity index (χ3n) is 5.91. The molecule has 7 heteroatoms. The number of aryl methyl sites for hydroxylation is 1. The summed E-state index contributed by atoms with van der Waals surface area (Å²) in [4.78, 5) is 27.8. The van der Waals surface area contributed by atoms with Crippen LogP contribution in [-0.4, -0.2) is 49.1 Å². The van der Waals surface area contributed by atoms with Crippen LogP contribution in [0.5, 0.6) is 17.2 Å². The van der Waals surface area contributed by atoms with E-state index in [-0.39, 0.29) is 24.3 Å². The second-order valence-corrected chi connectivity index (χ2v) is 8.34. The highest BCUT2D eigenvalue weighted by Crippen LogP contribution is 2.31. The van der Waals surface area contributed by atoms with Gasteiger partial charge in [-0.3, -0.25) is 9.59 Å². The fraction of sp³-hybridized carbons (Fsp3) is 0.462. The predicted molar refractivity (Wildman–Crippen MR) is 127 cm³/mol. The molecule has 0 aromatic heterocycles. The Morgan fingerprint density at radius 1 is 1.03 bits per heavy atom. The number of carbonyl (C=O) groups excluding carboxylic acids is 2. The highest BCUT2D eigenvalue weighted by Gasteiger charge is 2.26. The van der Waals surface area contributed by atoms with Crippen LogP contribution in [0.25, 0.3) is 0 Å². The molecule has 2 aromatic rings. The van der Waals surface area contributed by atoms with Crippen molar-refractivity contribution in [3.8, 4) is 17.2 Å². The van der Waals surface area contributed by atoms with Gasteiger partial charge in [-0.25, -0.2) is 0 Å². The van der Waals surface area contributed by atoms with Gasteiger partial charge in [0.1, 0.15) is 25.0 Å². The van der Waals surface area contributed by atoms with Crippen molar-refractivity contribution in [2.24, 2.45) is 0 Å². The zero-order chi connectivity index (χ0) is 23.8. The SMILES string of the molecule is CC[C@@H](C)NC(=O)[C@H](C)N(Cc1ccc(OC)cc1)C(=O)CCc1ccc2c(c1)OCCO2. The number of fused-ring (bicyclic) bond motifs is 1. The zero-order valence-electron chi connectivity index (χ0n) is 19.9. The predicted octanol–water partition coefficient (Wildman–Crippen LogP) is 3.73. The van der Waals surface area contributed by atoms with Crippen LogP contribution >= 0.6 is 0 Å². The lowest BCUT2D eigenvalue weighted by Crippen LogP contribution is -2.49. The first-order valence-corrected chi connectivity index (χ1v) is 11.5. The first-order chi connectivity index (χ1) is 15.9. The maximum Gasteiger partial charge on any atom is 0.242 e. The zero-order valence-corrected chi connectivity index (χ0v) is 19.9. The van der Waals surface area contributed by atoms with Crippen LogP contribution in [-0.2, 0) is 22.6 Å². The molecule has 2 atom stereocenters. The Morgan fingerprint density at radius 3 is 2.36 bits per heavy atom. The first kappa shape index (κ1) is 24.4. The molecule has 1 N–H and O–H groups in total. The van der Waals surface area contributed by atoms with Crippen LogP contribution in [0, 0.1) is 0 Å². The van der Waals surface area contributed by atoms with E-state index in [9.17, 15) is 9.59 Å². The van der Waals surface area contributed by atoms with Crippen LogP contribution in [0.2, 0.25) is 0 Å². The van der Waals surface area contributed by atoms with Gasteiger partial charge in [-0.15, -0.1) is 0 Å². The molecule has 3 rings (SSSR count). The highest BCUT2D eigenvalue weighted by atomic mass is 16.6. The highest BCUT2D eigenvalue weighted by molar-refractivity contribution is 5.87. The molecule has 2 amide bonds. The van der Waals surface area contributed by atoms with Gasteiger partial charge in [0.25, 0.3) is 0 Å². The third kappa shape index (κ3) is 6.63. The van der Waals surface area contributed by atoms with E-state index >= 15 is 0 Å². The van der Waals surface area contributed by atoms with Crippen molar-refractivity contribution in [1.82, 2.24) is 10.2 Å². The summed E-state index contributed by atoms with van der Waals surface area (Å²) in [5, 5.41) is 2.99. The number of nitrogens with one attached hydrogen (secondary N) is 1. The third-order valence-corrected chi connectivity index (χ3v) is 5.91. The Labute approximate surface area is 196 Å². The Balaban J connectivity index is 1.72. The number of rotatable bonds is 10. The van der Waals surface area contributed by atoms with Gasteiger partial charge in [-0.1, -0.05) is 25.1 Å². The normalized spacial score (nSPS) is 14.2. The summed E-state index contributed by atoms with van der Waals surface area (Å²) in [7, 11) is 1.62. The van der Waals surface area contributed by atoms with Crippen LogP contribution in [0.4, 0.5) is 0 Å². The van der Waals surface area contributed by atoms with Gasteiger partial charge >= 0.3 is 0 Å². The number of hydrogen-bond acceptors (Lipinski definition) is 5. The molecule has 7 nitrogen and oxygen atoms in total. The lowest BCUT2D eigenvalue weighted by molar-refractivity contribution is -0.140. The summed E-state index contributed by atoms with van der Waals surface area (Å²) >= 11 is 0. The quantitative estimate of drug-likeness (QED) is 0.592. The van der Waals surface area contributed by atoms with Crippen molar-refractivity contribution in [3.05, 3.63) is 53.6 Å². The van der Waals surface area contributed by atoms with E-state index in [1.165, 1.54) is 0 Å². The molecule has 0 unspecified atom stereocenters. The van der Waals surface area contributed by atoms with E-state index in [4.69, 9.17) is 14.2 Å². The number of carbonyl (C=O) groups is 2. The van der Waals surface area contributed by atoms with Gasteiger partial charge in [-0.2, -0.15) is 0 Å². The summed E-state index contributed by atoms with van der Waals surface area (Å²) in [5.74, 6) is 1.96. The number of nitrogens with zero attached hydrogens (tertiary/aromatic N) is 1. The summed E-state index contributed by atoms with van der Waals surface area (Å²) in [5.41, 5.74) is 1.93. The lowest BCUT2D eigenvalue weighted by Gasteiger charge is -2.30. The fourth-order valence-corrected chi connectivity index (χ4v) is 3.61. The van der Waals surface area contributed by atoms with E-state index in [1.807, 2.05) is 56.3 Å². The average molecular weight is 455 g/mol. The molecule has 1 aliphatic heterocycles. The molecule has 0 aliphatic carbocycles. The number of ether oxygens (including phenoxy) is 3. The molecule has 0 fully saturated rings. The molecule has 178 valence electrons. The summed E-state index contributed by atoms with van der Waals surface area (Å²) in [6.07, 6.45) is 1.67. The second kappa shape index (κ2) is 11.6. The molecule has 0 saturated carbocycles. The molecule has 0 saturated heterocycles. The van der Waals surface area contributed by atoms with Crippen molar-refractivity contribution in [1.29, 1.82) is 0 Å². The van der Waals surface area contributed by atoms with Gasteiger partial charge in [0.2, 0.25) is 11.8 Å². The molecule has 0 bridgehead atoms. The van der Waals surface area contributed by atoms with E-state index in [0.717, 1.165) is 29.0 Å². The Hall–Kier alpha value is -3.22. The average Bonchev–Trinajstić information content (AvgIpc) is 2.85. The Kier molecular flexibility index (Phi) is 8.58. The van der Waals surface area contributed by atoms with Crippen LogP contribution < -0.4 is 19.5 Å². The van der Waals surface area contributed by atoms with Crippen molar-refractivity contribution in [2.75, 3.05) is 20.3 Å². The molecule has 1 heterocycles. The Morgan fingerprint density at radius 2 is 1.70 bits per heavy atom. The van der Waals surface area contributed by atoms with Crippen molar-refractivity contribution in [2.45, 2.75) is 58.7 Å². The fourth-order valence-electron chi connectivity index (χ4n) is 3.61. The largest absolute Gasteiger partial charge is 0.497 e. The number of amides is 2. The maximum absolute atomic E-state index is 13.3. The minimum absolute atomic E-state index is 0.0515. The Bertz CT molecular complexity index is 944. The topological polar surface area (TPSA) is 77.1 Å². The monoisotopic (exact) mass is 454 g/mol. The lowest BCUT2D eigenvalue weighted by atomic mass is 10.1. The van der Waals surface area contributed by atoms with E-state index in [2.05, 4.69) is 5.32 Å². The number of benzene rings is 2. The van der Waals surface area contributed by atoms with Crippen molar-refractivity contribution in [3.63, 3.8) is 0 Å². The molecular weight excluding hydrogens is 420 g/mol. The van der Waals surface area contributed by atoms with E-state index in [0.29, 0.717) is 31.9 Å². The van der Waals surface area contributed by atoms with Gasteiger partial charge in [-0.05, 0) is 62.1 Å². The first-order valence-electron chi connectivity index (χ1n) is 11.5. The molecule has 1 aliphatic rings. The van der Waals surface area contributed by atoms with E-state index in [1.54, 1.807) is 18.9 Å². The number of hydrogen-bond donors (Lipinski definition) is 1. The van der Waals surface area contributed by atoms with Crippen molar-refractivity contribution >= 4 is 11.8 Å². The molecular formula is C26H34N2O5. The second-order valence-electron chi connectivity index (χ2n) is 8.34. The molecule has 0 radical (unpaired) electrons. The summed E-state index contributed by atoms with van der Waals surface area (Å²) in [6, 6.07) is 12.8. The summed E-state index contributed by atoms with van der Waals surface area (Å²) < 4.78 is 16.4. The molecule has 0 spiro atoms. The van der Waals surface area contributed by atoms with Gasteiger partial charge in [0, 0.05) is 19.0 Å².